The molecule has 6 nitrogen and oxygen atoms in total. The van der Waals surface area contributed by atoms with Gasteiger partial charge >= 0.3 is 0 Å². The molecule has 0 bridgehead atoms. The highest BCUT2D eigenvalue weighted by Gasteiger charge is 2.20. The zero-order valence-electron chi connectivity index (χ0n) is 12.9. The first-order valence-electron chi connectivity index (χ1n) is 7.84. The number of aromatic nitrogens is 2. The zero-order chi connectivity index (χ0) is 15.1. The van der Waals surface area contributed by atoms with E-state index in [0.717, 1.165) is 38.3 Å². The van der Waals surface area contributed by atoms with Gasteiger partial charge in [-0.2, -0.15) is 0 Å². The Hall–Kier alpha value is -1.69. The second-order valence-electron chi connectivity index (χ2n) is 5.35. The molecule has 116 valence electrons. The predicted molar refractivity (Wildman–Crippen MR) is 83.6 cm³/mol. The van der Waals surface area contributed by atoms with Gasteiger partial charge < -0.3 is 15.5 Å². The third-order valence-electron chi connectivity index (χ3n) is 3.72. The van der Waals surface area contributed by atoms with Crippen LogP contribution in [0.1, 0.15) is 43.6 Å². The van der Waals surface area contributed by atoms with Gasteiger partial charge in [0, 0.05) is 25.7 Å². The molecule has 1 aromatic rings. The van der Waals surface area contributed by atoms with E-state index in [4.69, 9.17) is 0 Å². The molecule has 1 aliphatic heterocycles. The Morgan fingerprint density at radius 1 is 1.29 bits per heavy atom. The van der Waals surface area contributed by atoms with Gasteiger partial charge in [0.1, 0.15) is 0 Å². The van der Waals surface area contributed by atoms with E-state index in [1.165, 1.54) is 6.42 Å². The van der Waals surface area contributed by atoms with Gasteiger partial charge in [0.2, 0.25) is 0 Å². The molecular weight excluding hydrogens is 266 g/mol. The van der Waals surface area contributed by atoms with E-state index < -0.39 is 0 Å². The summed E-state index contributed by atoms with van der Waals surface area (Å²) in [6, 6.07) is 4.25. The third-order valence-corrected chi connectivity index (χ3v) is 3.72. The highest BCUT2D eigenvalue weighted by atomic mass is 16.1. The van der Waals surface area contributed by atoms with Gasteiger partial charge in [-0.05, 0) is 44.9 Å². The summed E-state index contributed by atoms with van der Waals surface area (Å²) in [5.41, 5.74) is 0.375. The molecule has 1 aliphatic rings. The van der Waals surface area contributed by atoms with E-state index in [2.05, 4.69) is 32.7 Å². The van der Waals surface area contributed by atoms with Crippen molar-refractivity contribution in [2.24, 2.45) is 0 Å². The van der Waals surface area contributed by atoms with Crippen LogP contribution in [0.3, 0.4) is 0 Å². The average Bonchev–Trinajstić information content (AvgIpc) is 2.54. The molecule has 6 heteroatoms. The number of amides is 1. The molecule has 0 spiro atoms. The summed E-state index contributed by atoms with van der Waals surface area (Å²) in [6.07, 6.45) is 3.42. The topological polar surface area (TPSA) is 70.2 Å². The normalized spacial score (nSPS) is 16.0. The number of anilines is 1. The molecule has 21 heavy (non-hydrogen) atoms. The van der Waals surface area contributed by atoms with Crippen LogP contribution in [0.4, 0.5) is 5.82 Å². The first-order chi connectivity index (χ1) is 10.2. The van der Waals surface area contributed by atoms with Gasteiger partial charge in [0.15, 0.2) is 11.5 Å². The number of nitrogens with one attached hydrogen (secondary N) is 2. The summed E-state index contributed by atoms with van der Waals surface area (Å²) in [6.45, 7) is 7.73. The van der Waals surface area contributed by atoms with Crippen molar-refractivity contribution in [1.82, 2.24) is 20.8 Å². The lowest BCUT2D eigenvalue weighted by atomic mass is 10.0. The first-order valence-corrected chi connectivity index (χ1v) is 7.84. The summed E-state index contributed by atoms with van der Waals surface area (Å²) in [5.74, 6) is 0.691. The molecule has 0 atom stereocenters. The number of carbonyl (C=O) groups is 1. The van der Waals surface area contributed by atoms with Crippen molar-refractivity contribution in [2.75, 3.05) is 31.1 Å². The van der Waals surface area contributed by atoms with Crippen molar-refractivity contribution in [2.45, 2.75) is 39.2 Å². The van der Waals surface area contributed by atoms with Gasteiger partial charge in [-0.3, -0.25) is 4.79 Å². The second-order valence-corrected chi connectivity index (χ2v) is 5.35. The lowest BCUT2D eigenvalue weighted by molar-refractivity contribution is 0.0950. The molecule has 0 saturated carbocycles. The average molecular weight is 291 g/mol. The minimum absolute atomic E-state index is 0.168. The number of piperidine rings is 1. The predicted octanol–water partition coefficient (Wildman–Crippen LogP) is 1.19. The van der Waals surface area contributed by atoms with E-state index in [1.54, 1.807) is 6.07 Å². The van der Waals surface area contributed by atoms with Crippen LogP contribution in [0.5, 0.6) is 0 Å². The third kappa shape index (κ3) is 4.39. The van der Waals surface area contributed by atoms with Crippen LogP contribution in [0.2, 0.25) is 0 Å². The summed E-state index contributed by atoms with van der Waals surface area (Å²) >= 11 is 0. The Kier molecular flexibility index (Phi) is 5.92. The molecule has 1 saturated heterocycles. The largest absolute Gasteiger partial charge is 0.355 e. The lowest BCUT2D eigenvalue weighted by Gasteiger charge is -2.33. The van der Waals surface area contributed by atoms with Crippen molar-refractivity contribution in [3.63, 3.8) is 0 Å². The van der Waals surface area contributed by atoms with E-state index in [9.17, 15) is 4.79 Å². The maximum atomic E-state index is 11.6. The fraction of sp³-hybridized carbons (Fsp3) is 0.667. The number of hydrogen-bond acceptors (Lipinski definition) is 5. The highest BCUT2D eigenvalue weighted by molar-refractivity contribution is 5.92. The van der Waals surface area contributed by atoms with Crippen LogP contribution in [-0.4, -0.2) is 48.3 Å². The Labute approximate surface area is 126 Å². The Bertz CT molecular complexity index is 440. The molecule has 2 N–H and O–H groups in total. The maximum absolute atomic E-state index is 11.6. The molecule has 1 amide bonds. The second kappa shape index (κ2) is 7.93. The van der Waals surface area contributed by atoms with E-state index >= 15 is 0 Å². The quantitative estimate of drug-likeness (QED) is 0.824. The van der Waals surface area contributed by atoms with Crippen molar-refractivity contribution < 1.29 is 4.79 Å². The molecule has 1 fully saturated rings. The van der Waals surface area contributed by atoms with Gasteiger partial charge in [-0.15, -0.1) is 10.2 Å². The van der Waals surface area contributed by atoms with Crippen LogP contribution >= 0.6 is 0 Å². The van der Waals surface area contributed by atoms with E-state index in [1.807, 2.05) is 13.0 Å². The highest BCUT2D eigenvalue weighted by Crippen LogP contribution is 2.17. The van der Waals surface area contributed by atoms with Crippen LogP contribution in [0, 0.1) is 0 Å². The zero-order valence-corrected chi connectivity index (χ0v) is 12.9. The number of rotatable bonds is 6. The van der Waals surface area contributed by atoms with Crippen LogP contribution in [-0.2, 0) is 0 Å². The van der Waals surface area contributed by atoms with Crippen LogP contribution < -0.4 is 15.5 Å². The molecule has 1 aromatic heterocycles. The molecule has 0 unspecified atom stereocenters. The fourth-order valence-corrected chi connectivity index (χ4v) is 2.53. The SMILES string of the molecule is CCCNC1CCN(c2ccc(C(=O)NCC)nn2)CC1. The molecule has 2 heterocycles. The molecular formula is C15H25N5O. The van der Waals surface area contributed by atoms with Crippen molar-refractivity contribution in [3.05, 3.63) is 17.8 Å². The minimum Gasteiger partial charge on any atom is -0.355 e. The van der Waals surface area contributed by atoms with Gasteiger partial charge in [0.05, 0.1) is 0 Å². The lowest BCUT2D eigenvalue weighted by Crippen LogP contribution is -2.43. The summed E-state index contributed by atoms with van der Waals surface area (Å²) in [7, 11) is 0. The summed E-state index contributed by atoms with van der Waals surface area (Å²) < 4.78 is 0. The van der Waals surface area contributed by atoms with E-state index in [0.29, 0.717) is 18.3 Å². The molecule has 0 radical (unpaired) electrons. The minimum atomic E-state index is -0.168. The Balaban J connectivity index is 1.87. The van der Waals surface area contributed by atoms with Crippen molar-refractivity contribution in [1.29, 1.82) is 0 Å². The first kappa shape index (κ1) is 15.7. The number of carbonyl (C=O) groups excluding carboxylic acids is 1. The fourth-order valence-electron chi connectivity index (χ4n) is 2.53. The Morgan fingerprint density at radius 3 is 2.62 bits per heavy atom. The standard InChI is InChI=1S/C15H25N5O/c1-3-9-17-12-7-10-20(11-8-12)14-6-5-13(18-19-14)15(21)16-4-2/h5-6,12,17H,3-4,7-11H2,1-2H3,(H,16,21). The summed E-state index contributed by atoms with van der Waals surface area (Å²) in [4.78, 5) is 13.9. The monoisotopic (exact) mass is 291 g/mol. The maximum Gasteiger partial charge on any atom is 0.271 e. The van der Waals surface area contributed by atoms with Crippen LogP contribution in [0.25, 0.3) is 0 Å². The van der Waals surface area contributed by atoms with Gasteiger partial charge in [-0.1, -0.05) is 6.92 Å². The van der Waals surface area contributed by atoms with Crippen molar-refractivity contribution >= 4 is 11.7 Å². The van der Waals surface area contributed by atoms with Crippen molar-refractivity contribution in [3.8, 4) is 0 Å². The van der Waals surface area contributed by atoms with Gasteiger partial charge in [-0.25, -0.2) is 0 Å². The van der Waals surface area contributed by atoms with Gasteiger partial charge in [0.25, 0.3) is 5.91 Å². The summed E-state index contributed by atoms with van der Waals surface area (Å²) in [5, 5.41) is 14.5. The molecule has 2 rings (SSSR count). The molecule has 0 aromatic carbocycles. The molecule has 0 aliphatic carbocycles. The smallest absolute Gasteiger partial charge is 0.271 e. The van der Waals surface area contributed by atoms with Crippen LogP contribution in [0.15, 0.2) is 12.1 Å². The Morgan fingerprint density at radius 2 is 2.05 bits per heavy atom. The van der Waals surface area contributed by atoms with E-state index in [-0.39, 0.29) is 5.91 Å². The number of nitrogens with zero attached hydrogens (tertiary/aromatic N) is 3. The number of hydrogen-bond donors (Lipinski definition) is 2.